The number of ketones is 1. The van der Waals surface area contributed by atoms with Crippen molar-refractivity contribution >= 4 is 23.8 Å². The van der Waals surface area contributed by atoms with Gasteiger partial charge in [-0.2, -0.15) is 0 Å². The number of esters is 2. The van der Waals surface area contributed by atoms with Crippen LogP contribution in [0.2, 0.25) is 0 Å². The number of likely N-dealkylation sites (N-methyl/N-ethyl adjacent to an activating group) is 1. The fraction of sp³-hybridized carbons (Fsp3) is 0.909. The SMILES string of the molecule is CC[C@H]1OC(=O)[C@H](C)[C@@H](OC2CC(C)(OC)C(OC(C)=O)C(C)O2)[C@H](C)[C@@H](OC2OC(C)CC(N(C)C)C2C)[C@@](C)(OC)C[C@@H](C)C(=O)[C@H](C)[C@H]2N(CC)C(=O)O[C@]12C. The van der Waals surface area contributed by atoms with E-state index < -0.39 is 108 Å². The quantitative estimate of drug-likeness (QED) is 0.193. The summed E-state index contributed by atoms with van der Waals surface area (Å²) in [5.41, 5.74) is -3.47. The van der Waals surface area contributed by atoms with Crippen LogP contribution in [0.15, 0.2) is 0 Å². The fourth-order valence-corrected chi connectivity index (χ4v) is 10.7. The molecular formula is C44H76N2O13. The summed E-state index contributed by atoms with van der Waals surface area (Å²) in [7, 11) is 7.25. The molecule has 1 amide bonds. The molecule has 340 valence electrons. The molecule has 4 aliphatic rings. The van der Waals surface area contributed by atoms with E-state index in [1.165, 1.54) is 6.92 Å². The van der Waals surface area contributed by atoms with Gasteiger partial charge in [-0.25, -0.2) is 4.79 Å². The maximum Gasteiger partial charge on any atom is 0.410 e. The van der Waals surface area contributed by atoms with Crippen LogP contribution in [0.25, 0.3) is 0 Å². The second kappa shape index (κ2) is 19.3. The first-order valence-electron chi connectivity index (χ1n) is 21.7. The Bertz CT molecular complexity index is 1480. The van der Waals surface area contributed by atoms with Crippen molar-refractivity contribution in [3.05, 3.63) is 0 Å². The highest BCUT2D eigenvalue weighted by Crippen LogP contribution is 2.45. The zero-order valence-corrected chi connectivity index (χ0v) is 38.9. The predicted octanol–water partition coefficient (Wildman–Crippen LogP) is 5.77. The Labute approximate surface area is 353 Å². The van der Waals surface area contributed by atoms with Gasteiger partial charge in [0.2, 0.25) is 0 Å². The van der Waals surface area contributed by atoms with E-state index in [1.54, 1.807) is 39.9 Å². The van der Waals surface area contributed by atoms with Crippen LogP contribution in [0.3, 0.4) is 0 Å². The van der Waals surface area contributed by atoms with Gasteiger partial charge >= 0.3 is 18.0 Å². The highest BCUT2D eigenvalue weighted by Gasteiger charge is 2.60. The normalized spacial score (nSPS) is 45.4. The minimum Gasteiger partial charge on any atom is -0.458 e. The van der Waals surface area contributed by atoms with E-state index in [-0.39, 0.29) is 36.7 Å². The molecule has 0 spiro atoms. The largest absolute Gasteiger partial charge is 0.458 e. The number of nitrogens with zero attached hydrogens (tertiary/aromatic N) is 2. The molecule has 8 unspecified atom stereocenters. The molecule has 15 heteroatoms. The highest BCUT2D eigenvalue weighted by atomic mass is 16.7. The third-order valence-electron chi connectivity index (χ3n) is 14.1. The summed E-state index contributed by atoms with van der Waals surface area (Å²) < 4.78 is 57.8. The average molecular weight is 841 g/mol. The van der Waals surface area contributed by atoms with E-state index in [0.717, 1.165) is 6.42 Å². The maximum absolute atomic E-state index is 14.7. The smallest absolute Gasteiger partial charge is 0.410 e. The van der Waals surface area contributed by atoms with Crippen molar-refractivity contribution in [1.82, 2.24) is 9.80 Å². The van der Waals surface area contributed by atoms with E-state index in [1.807, 2.05) is 69.5 Å². The summed E-state index contributed by atoms with van der Waals surface area (Å²) in [6.07, 6.45) is -4.71. The number of hydrogen-bond donors (Lipinski definition) is 0. The summed E-state index contributed by atoms with van der Waals surface area (Å²) in [4.78, 5) is 58.8. The number of fused-ring (bicyclic) bond motifs is 1. The van der Waals surface area contributed by atoms with Gasteiger partial charge in [0.15, 0.2) is 24.3 Å². The zero-order chi connectivity index (χ0) is 44.5. The Morgan fingerprint density at radius 3 is 2.00 bits per heavy atom. The van der Waals surface area contributed by atoms with Crippen LogP contribution in [0.1, 0.15) is 116 Å². The van der Waals surface area contributed by atoms with Crippen LogP contribution in [0.5, 0.6) is 0 Å². The number of ether oxygens (including phenoxy) is 9. The second-order valence-electron chi connectivity index (χ2n) is 18.7. The minimum atomic E-state index is -1.34. The molecule has 4 aliphatic heterocycles. The first-order chi connectivity index (χ1) is 27.4. The molecule has 4 rings (SSSR count). The summed E-state index contributed by atoms with van der Waals surface area (Å²) >= 11 is 0. The van der Waals surface area contributed by atoms with Gasteiger partial charge in [-0.15, -0.1) is 0 Å². The van der Waals surface area contributed by atoms with Crippen molar-refractivity contribution in [2.45, 2.75) is 194 Å². The molecule has 4 heterocycles. The van der Waals surface area contributed by atoms with Crippen molar-refractivity contribution in [1.29, 1.82) is 0 Å². The molecule has 0 saturated carbocycles. The Kier molecular flexibility index (Phi) is 16.1. The van der Waals surface area contributed by atoms with Crippen LogP contribution in [-0.4, -0.2) is 147 Å². The van der Waals surface area contributed by atoms with Gasteiger partial charge in [0.05, 0.1) is 42.0 Å². The molecule has 0 aromatic heterocycles. The van der Waals surface area contributed by atoms with Crippen LogP contribution in [0, 0.1) is 29.6 Å². The zero-order valence-electron chi connectivity index (χ0n) is 38.9. The van der Waals surface area contributed by atoms with Crippen LogP contribution in [0.4, 0.5) is 4.79 Å². The molecule has 0 bridgehead atoms. The van der Waals surface area contributed by atoms with Crippen molar-refractivity contribution in [3.63, 3.8) is 0 Å². The summed E-state index contributed by atoms with van der Waals surface area (Å²) in [6.45, 7) is 24.2. The number of amides is 1. The molecule has 15 nitrogen and oxygen atoms in total. The molecule has 4 saturated heterocycles. The Balaban J connectivity index is 1.90. The number of rotatable bonds is 10. The van der Waals surface area contributed by atoms with Crippen molar-refractivity contribution in [2.75, 3.05) is 34.9 Å². The first-order valence-corrected chi connectivity index (χ1v) is 21.7. The number of hydrogen-bond acceptors (Lipinski definition) is 14. The average Bonchev–Trinajstić information content (AvgIpc) is 3.44. The van der Waals surface area contributed by atoms with Gasteiger partial charge in [0, 0.05) is 63.8 Å². The molecule has 59 heavy (non-hydrogen) atoms. The lowest BCUT2D eigenvalue weighted by atomic mass is 9.73. The van der Waals surface area contributed by atoms with Crippen molar-refractivity contribution in [2.24, 2.45) is 29.6 Å². The molecular weight excluding hydrogens is 764 g/mol. The molecule has 18 atom stereocenters. The van der Waals surface area contributed by atoms with Gasteiger partial charge in [0.1, 0.15) is 17.5 Å². The van der Waals surface area contributed by atoms with E-state index in [0.29, 0.717) is 13.0 Å². The molecule has 0 aromatic rings. The maximum atomic E-state index is 14.7. The van der Waals surface area contributed by atoms with Gasteiger partial charge in [-0.3, -0.25) is 14.4 Å². The minimum absolute atomic E-state index is 0.0606. The number of Topliss-reactive ketones (excluding diaryl/α,β-unsaturated/α-hetero) is 1. The topological polar surface area (TPSA) is 158 Å². The van der Waals surface area contributed by atoms with Gasteiger partial charge < -0.3 is 52.4 Å². The Morgan fingerprint density at radius 2 is 1.46 bits per heavy atom. The lowest BCUT2D eigenvalue weighted by Gasteiger charge is -2.50. The van der Waals surface area contributed by atoms with E-state index in [9.17, 15) is 19.2 Å². The van der Waals surface area contributed by atoms with Crippen LogP contribution in [-0.2, 0) is 57.0 Å². The number of carbonyl (C=O) groups excluding carboxylic acids is 4. The lowest BCUT2D eigenvalue weighted by molar-refractivity contribution is -0.315. The first kappa shape index (κ1) is 49.3. The Morgan fingerprint density at radius 1 is 0.847 bits per heavy atom. The molecule has 4 fully saturated rings. The number of methoxy groups -OCH3 is 2. The standard InChI is InChI=1S/C44H76N2O13/c1-18-32-44(13)36(46(19-2)41(50)59-44)26(6)34(48)23(3)21-42(11,51-16)37(58-40-25(5)31(45(14)15)20-24(4)53-40)27(7)35(28(8)39(49)56-32)57-33-22-43(12,52-17)38(29(9)54-33)55-30(10)47/h23-29,31-33,35-38,40H,18-22H2,1-17H3/t23-,24?,25?,26+,27+,28-,29?,31?,32-,33?,35+,36-,37-,38?,40?,42+,43?,44-/m1/s1. The molecule has 0 N–H and O–H groups in total. The summed E-state index contributed by atoms with van der Waals surface area (Å²) in [5.74, 6) is -3.97. The predicted molar refractivity (Wildman–Crippen MR) is 218 cm³/mol. The number of cyclic esters (lactones) is 1. The van der Waals surface area contributed by atoms with Gasteiger partial charge in [-0.05, 0) is 81.8 Å². The monoisotopic (exact) mass is 841 g/mol. The highest BCUT2D eigenvalue weighted by molar-refractivity contribution is 5.85. The molecule has 0 aromatic carbocycles. The fourth-order valence-electron chi connectivity index (χ4n) is 10.7. The number of carbonyl (C=O) groups is 4. The van der Waals surface area contributed by atoms with E-state index >= 15 is 0 Å². The summed E-state index contributed by atoms with van der Waals surface area (Å²) in [6, 6.07) is -0.562. The van der Waals surface area contributed by atoms with Crippen LogP contribution < -0.4 is 0 Å². The summed E-state index contributed by atoms with van der Waals surface area (Å²) in [5, 5.41) is 0. The Hall–Kier alpha value is -2.40. The molecule has 0 aliphatic carbocycles. The third-order valence-corrected chi connectivity index (χ3v) is 14.1. The second-order valence-corrected chi connectivity index (χ2v) is 18.7. The van der Waals surface area contributed by atoms with Crippen molar-refractivity contribution < 1.29 is 61.8 Å². The van der Waals surface area contributed by atoms with Crippen molar-refractivity contribution in [3.8, 4) is 0 Å². The van der Waals surface area contributed by atoms with Gasteiger partial charge in [0.25, 0.3) is 0 Å². The van der Waals surface area contributed by atoms with Gasteiger partial charge in [-0.1, -0.05) is 34.6 Å². The third kappa shape index (κ3) is 9.97. The van der Waals surface area contributed by atoms with Crippen LogP contribution >= 0.6 is 0 Å². The molecule has 0 radical (unpaired) electrons. The lowest BCUT2D eigenvalue weighted by Crippen LogP contribution is -2.61. The van der Waals surface area contributed by atoms with E-state index in [4.69, 9.17) is 42.6 Å². The van der Waals surface area contributed by atoms with E-state index in [2.05, 4.69) is 11.8 Å².